The molecule has 0 bridgehead atoms. The number of rotatable bonds is 3. The summed E-state index contributed by atoms with van der Waals surface area (Å²) < 4.78 is 39.2. The van der Waals surface area contributed by atoms with Gasteiger partial charge in [-0.3, -0.25) is 0 Å². The van der Waals surface area contributed by atoms with Gasteiger partial charge in [-0.25, -0.2) is 17.6 Å². The van der Waals surface area contributed by atoms with Gasteiger partial charge in [0.2, 0.25) is 10.0 Å². The standard InChI is InChI=1S/C12H14FNO4S/c13-9-4-5-10(12(15)16)11(8-9)19(17,18)14-6-2-1-3-7-14/h4-5,8H,1-3,6-7H2,(H,15,16). The number of piperidine rings is 1. The molecule has 0 spiro atoms. The van der Waals surface area contributed by atoms with Gasteiger partial charge >= 0.3 is 5.97 Å². The van der Waals surface area contributed by atoms with E-state index in [9.17, 15) is 17.6 Å². The minimum absolute atomic E-state index is 0.345. The van der Waals surface area contributed by atoms with Crippen molar-refractivity contribution in [2.45, 2.75) is 24.2 Å². The van der Waals surface area contributed by atoms with Crippen LogP contribution in [0.25, 0.3) is 0 Å². The highest BCUT2D eigenvalue weighted by Crippen LogP contribution is 2.24. The van der Waals surface area contributed by atoms with Crippen molar-refractivity contribution < 1.29 is 22.7 Å². The van der Waals surface area contributed by atoms with Crippen molar-refractivity contribution in [2.75, 3.05) is 13.1 Å². The highest BCUT2D eigenvalue weighted by molar-refractivity contribution is 7.89. The molecule has 1 N–H and O–H groups in total. The van der Waals surface area contributed by atoms with Crippen molar-refractivity contribution in [3.05, 3.63) is 29.6 Å². The minimum atomic E-state index is -3.95. The van der Waals surface area contributed by atoms with Gasteiger partial charge in [0, 0.05) is 13.1 Å². The third-order valence-corrected chi connectivity index (χ3v) is 5.05. The average molecular weight is 287 g/mol. The number of carboxylic acids is 1. The molecule has 0 radical (unpaired) electrons. The number of halogens is 1. The molecule has 1 aliphatic heterocycles. The van der Waals surface area contributed by atoms with E-state index in [1.165, 1.54) is 4.31 Å². The number of sulfonamides is 1. The van der Waals surface area contributed by atoms with Crippen LogP contribution in [0.15, 0.2) is 23.1 Å². The van der Waals surface area contributed by atoms with E-state index >= 15 is 0 Å². The molecule has 1 saturated heterocycles. The van der Waals surface area contributed by atoms with Gasteiger partial charge in [-0.05, 0) is 31.0 Å². The summed E-state index contributed by atoms with van der Waals surface area (Å²) >= 11 is 0. The Balaban J connectivity index is 2.49. The summed E-state index contributed by atoms with van der Waals surface area (Å²) in [5.41, 5.74) is -0.396. The number of hydrogen-bond acceptors (Lipinski definition) is 3. The lowest BCUT2D eigenvalue weighted by Crippen LogP contribution is -2.36. The molecule has 0 amide bonds. The first-order chi connectivity index (χ1) is 8.93. The van der Waals surface area contributed by atoms with E-state index in [1.807, 2.05) is 0 Å². The summed E-state index contributed by atoms with van der Waals surface area (Å²) in [6, 6.07) is 2.70. The van der Waals surface area contributed by atoms with Gasteiger partial charge in [0.1, 0.15) is 5.82 Å². The second kappa shape index (κ2) is 5.26. The predicted octanol–water partition coefficient (Wildman–Crippen LogP) is 1.70. The van der Waals surface area contributed by atoms with E-state index in [-0.39, 0.29) is 0 Å². The molecule has 0 atom stereocenters. The second-order valence-corrected chi connectivity index (χ2v) is 6.32. The van der Waals surface area contributed by atoms with Crippen LogP contribution in [0.4, 0.5) is 4.39 Å². The number of nitrogens with zero attached hydrogens (tertiary/aromatic N) is 1. The van der Waals surface area contributed by atoms with Crippen molar-refractivity contribution in [2.24, 2.45) is 0 Å². The Labute approximate surface area is 110 Å². The fourth-order valence-corrected chi connectivity index (χ4v) is 3.84. The highest BCUT2D eigenvalue weighted by Gasteiger charge is 2.30. The summed E-state index contributed by atoms with van der Waals surface area (Å²) in [5.74, 6) is -2.14. The molecule has 0 saturated carbocycles. The molecule has 104 valence electrons. The van der Waals surface area contributed by atoms with E-state index in [4.69, 9.17) is 5.11 Å². The molecule has 0 aromatic heterocycles. The molecule has 0 aliphatic carbocycles. The van der Waals surface area contributed by atoms with Gasteiger partial charge in [0.05, 0.1) is 10.5 Å². The summed E-state index contributed by atoms with van der Waals surface area (Å²) in [5, 5.41) is 9.01. The Bertz CT molecular complexity index is 594. The van der Waals surface area contributed by atoms with Crippen molar-refractivity contribution in [3.63, 3.8) is 0 Å². The van der Waals surface area contributed by atoms with Crippen LogP contribution >= 0.6 is 0 Å². The van der Waals surface area contributed by atoms with E-state index in [0.29, 0.717) is 13.1 Å². The van der Waals surface area contributed by atoms with Crippen LogP contribution in [-0.4, -0.2) is 36.9 Å². The number of aromatic carboxylic acids is 1. The SMILES string of the molecule is O=C(O)c1ccc(F)cc1S(=O)(=O)N1CCCCC1. The van der Waals surface area contributed by atoms with Gasteiger partial charge in [0.25, 0.3) is 0 Å². The lowest BCUT2D eigenvalue weighted by atomic mass is 10.2. The Hall–Kier alpha value is -1.47. The zero-order valence-electron chi connectivity index (χ0n) is 10.2. The highest BCUT2D eigenvalue weighted by atomic mass is 32.2. The Morgan fingerprint density at radius 3 is 2.42 bits per heavy atom. The summed E-state index contributed by atoms with van der Waals surface area (Å²) in [7, 11) is -3.95. The first kappa shape index (κ1) is 14.0. The van der Waals surface area contributed by atoms with Crippen LogP contribution in [0.5, 0.6) is 0 Å². The first-order valence-corrected chi connectivity index (χ1v) is 7.40. The number of carbonyl (C=O) groups is 1. The molecular formula is C12H14FNO4S. The van der Waals surface area contributed by atoms with Crippen molar-refractivity contribution in [3.8, 4) is 0 Å². The molecule has 1 aromatic carbocycles. The molecule has 1 aliphatic rings. The summed E-state index contributed by atoms with van der Waals surface area (Å²) in [4.78, 5) is 10.6. The fourth-order valence-electron chi connectivity index (χ4n) is 2.13. The lowest BCUT2D eigenvalue weighted by molar-refractivity contribution is 0.0692. The van der Waals surface area contributed by atoms with E-state index in [0.717, 1.165) is 37.5 Å². The van der Waals surface area contributed by atoms with Crippen LogP contribution in [-0.2, 0) is 10.0 Å². The maximum atomic E-state index is 13.2. The summed E-state index contributed by atoms with van der Waals surface area (Å²) in [6.45, 7) is 0.690. The van der Waals surface area contributed by atoms with Crippen LogP contribution in [0.2, 0.25) is 0 Å². The monoisotopic (exact) mass is 287 g/mol. The Morgan fingerprint density at radius 2 is 1.84 bits per heavy atom. The molecule has 5 nitrogen and oxygen atoms in total. The van der Waals surface area contributed by atoms with E-state index in [2.05, 4.69) is 0 Å². The molecule has 0 unspecified atom stereocenters. The number of benzene rings is 1. The quantitative estimate of drug-likeness (QED) is 0.918. The second-order valence-electron chi connectivity index (χ2n) is 4.41. The lowest BCUT2D eigenvalue weighted by Gasteiger charge is -2.26. The van der Waals surface area contributed by atoms with Gasteiger partial charge in [-0.15, -0.1) is 0 Å². The first-order valence-electron chi connectivity index (χ1n) is 5.96. The van der Waals surface area contributed by atoms with E-state index < -0.39 is 32.3 Å². The third kappa shape index (κ3) is 2.76. The maximum absolute atomic E-state index is 13.2. The van der Waals surface area contributed by atoms with Crippen molar-refractivity contribution in [1.82, 2.24) is 4.31 Å². The van der Waals surface area contributed by atoms with Gasteiger partial charge in [-0.1, -0.05) is 6.42 Å². The maximum Gasteiger partial charge on any atom is 0.337 e. The van der Waals surface area contributed by atoms with Crippen LogP contribution < -0.4 is 0 Å². The van der Waals surface area contributed by atoms with Gasteiger partial charge < -0.3 is 5.11 Å². The van der Waals surface area contributed by atoms with Crippen molar-refractivity contribution in [1.29, 1.82) is 0 Å². The normalized spacial score (nSPS) is 17.3. The molecule has 1 heterocycles. The zero-order valence-corrected chi connectivity index (χ0v) is 11.0. The Kier molecular flexibility index (Phi) is 3.86. The minimum Gasteiger partial charge on any atom is -0.478 e. The molecule has 1 aromatic rings. The molecule has 7 heteroatoms. The van der Waals surface area contributed by atoms with Crippen LogP contribution in [0.3, 0.4) is 0 Å². The average Bonchev–Trinajstić information content (AvgIpc) is 2.39. The third-order valence-electron chi connectivity index (χ3n) is 3.11. The number of carboxylic acid groups (broad SMARTS) is 1. The topological polar surface area (TPSA) is 74.7 Å². The van der Waals surface area contributed by atoms with Crippen molar-refractivity contribution >= 4 is 16.0 Å². The smallest absolute Gasteiger partial charge is 0.337 e. The van der Waals surface area contributed by atoms with Gasteiger partial charge in [-0.2, -0.15) is 4.31 Å². The van der Waals surface area contributed by atoms with E-state index in [1.54, 1.807) is 0 Å². The number of hydrogen-bond donors (Lipinski definition) is 1. The predicted molar refractivity (Wildman–Crippen MR) is 66.0 cm³/mol. The molecule has 19 heavy (non-hydrogen) atoms. The molecule has 1 fully saturated rings. The van der Waals surface area contributed by atoms with Gasteiger partial charge in [0.15, 0.2) is 0 Å². The van der Waals surface area contributed by atoms with Crippen LogP contribution in [0, 0.1) is 5.82 Å². The van der Waals surface area contributed by atoms with Crippen LogP contribution in [0.1, 0.15) is 29.6 Å². The fraction of sp³-hybridized carbons (Fsp3) is 0.417. The Morgan fingerprint density at radius 1 is 1.21 bits per heavy atom. The largest absolute Gasteiger partial charge is 0.478 e. The molecular weight excluding hydrogens is 273 g/mol. The zero-order chi connectivity index (χ0) is 14.0. The molecule has 2 rings (SSSR count). The summed E-state index contributed by atoms with van der Waals surface area (Å²) in [6.07, 6.45) is 2.41.